The van der Waals surface area contributed by atoms with Gasteiger partial charge in [0.2, 0.25) is 0 Å². The van der Waals surface area contributed by atoms with Crippen LogP contribution in [0.1, 0.15) is 10.4 Å². The van der Waals surface area contributed by atoms with E-state index in [1.165, 1.54) is 6.07 Å². The monoisotopic (exact) mass is 232 g/mol. The van der Waals surface area contributed by atoms with Gasteiger partial charge in [-0.15, -0.1) is 0 Å². The standard InChI is InChI=1S/C11H8O3.2Na/c12-10-8-4-2-1-3-7(8)5-6-9(10)11(13)14;;/h1-6,12H,(H,13,14);;/q;2*+1/p-2. The molecule has 0 aliphatic heterocycles. The molecule has 2 aromatic rings. The molecule has 0 radical (unpaired) electrons. The largest absolute Gasteiger partial charge is 1.00 e. The zero-order chi connectivity index (χ0) is 10.1. The van der Waals surface area contributed by atoms with E-state index in [2.05, 4.69) is 0 Å². The number of fused-ring (bicyclic) bond motifs is 1. The number of carboxylic acids is 1. The Balaban J connectivity index is 0.00000112. The van der Waals surface area contributed by atoms with Crippen LogP contribution in [0.15, 0.2) is 36.4 Å². The Bertz CT molecular complexity index is 512. The molecule has 0 bridgehead atoms. The minimum absolute atomic E-state index is 0. The van der Waals surface area contributed by atoms with Crippen molar-refractivity contribution < 1.29 is 74.1 Å². The molecule has 3 nitrogen and oxygen atoms in total. The summed E-state index contributed by atoms with van der Waals surface area (Å²) in [6.45, 7) is 0. The molecule has 70 valence electrons. The maximum absolute atomic E-state index is 11.5. The zero-order valence-electron chi connectivity index (χ0n) is 9.19. The van der Waals surface area contributed by atoms with Crippen LogP contribution >= 0.6 is 0 Å². The van der Waals surface area contributed by atoms with Gasteiger partial charge in [0, 0.05) is 0 Å². The Morgan fingerprint density at radius 3 is 2.25 bits per heavy atom. The minimum Gasteiger partial charge on any atom is -0.872 e. The van der Waals surface area contributed by atoms with Gasteiger partial charge in [-0.05, 0) is 16.3 Å². The van der Waals surface area contributed by atoms with Gasteiger partial charge in [-0.3, -0.25) is 0 Å². The van der Waals surface area contributed by atoms with Crippen LogP contribution in [-0.4, -0.2) is 5.97 Å². The van der Waals surface area contributed by atoms with E-state index in [1.54, 1.807) is 30.3 Å². The molecule has 0 atom stereocenters. The molecule has 0 aliphatic rings. The summed E-state index contributed by atoms with van der Waals surface area (Å²) in [4.78, 5) is 10.6. The molecule has 0 heterocycles. The van der Waals surface area contributed by atoms with Crippen molar-refractivity contribution in [2.45, 2.75) is 0 Å². The van der Waals surface area contributed by atoms with Crippen LogP contribution in [0.3, 0.4) is 0 Å². The van der Waals surface area contributed by atoms with Crippen molar-refractivity contribution >= 4 is 16.7 Å². The molecule has 0 N–H and O–H groups in total. The van der Waals surface area contributed by atoms with Gasteiger partial charge in [0.15, 0.2) is 0 Å². The van der Waals surface area contributed by atoms with Crippen LogP contribution in [0, 0.1) is 0 Å². The third-order valence-electron chi connectivity index (χ3n) is 2.10. The van der Waals surface area contributed by atoms with Crippen molar-refractivity contribution in [1.29, 1.82) is 0 Å². The van der Waals surface area contributed by atoms with Crippen LogP contribution in [0.4, 0.5) is 0 Å². The van der Waals surface area contributed by atoms with Crippen molar-refractivity contribution in [3.05, 3.63) is 42.0 Å². The quantitative estimate of drug-likeness (QED) is 0.460. The van der Waals surface area contributed by atoms with E-state index in [9.17, 15) is 15.0 Å². The number of hydrogen-bond donors (Lipinski definition) is 0. The fraction of sp³-hybridized carbons (Fsp3) is 0. The Labute approximate surface area is 137 Å². The average Bonchev–Trinajstić information content (AvgIpc) is 2.18. The molecule has 0 unspecified atom stereocenters. The van der Waals surface area contributed by atoms with Crippen LogP contribution < -0.4 is 69.3 Å². The molecular formula is C11H6Na2O3. The van der Waals surface area contributed by atoms with Crippen molar-refractivity contribution in [2.75, 3.05) is 0 Å². The van der Waals surface area contributed by atoms with E-state index in [0.717, 1.165) is 5.39 Å². The maximum Gasteiger partial charge on any atom is 1.00 e. The molecule has 0 saturated heterocycles. The molecule has 2 aromatic carbocycles. The van der Waals surface area contributed by atoms with E-state index in [1.807, 2.05) is 0 Å². The summed E-state index contributed by atoms with van der Waals surface area (Å²) < 4.78 is 0. The van der Waals surface area contributed by atoms with Gasteiger partial charge in [-0.25, -0.2) is 0 Å². The molecule has 0 saturated carbocycles. The van der Waals surface area contributed by atoms with Crippen LogP contribution in [-0.2, 0) is 0 Å². The Kier molecular flexibility index (Phi) is 6.63. The first kappa shape index (κ1) is 16.0. The molecule has 0 aliphatic carbocycles. The normalized spacial score (nSPS) is 9.00. The predicted molar refractivity (Wildman–Crippen MR) is 47.7 cm³/mol. The molecule has 0 aromatic heterocycles. The molecule has 0 fully saturated rings. The van der Waals surface area contributed by atoms with Crippen LogP contribution in [0.5, 0.6) is 5.75 Å². The summed E-state index contributed by atoms with van der Waals surface area (Å²) in [5.41, 5.74) is -0.288. The number of carbonyl (C=O) groups is 1. The Morgan fingerprint density at radius 1 is 1.00 bits per heavy atom. The number of carboxylic acid groups (broad SMARTS) is 1. The van der Waals surface area contributed by atoms with Gasteiger partial charge in [0.25, 0.3) is 0 Å². The summed E-state index contributed by atoms with van der Waals surface area (Å²) in [5.74, 6) is -1.91. The van der Waals surface area contributed by atoms with Crippen molar-refractivity contribution in [1.82, 2.24) is 0 Å². The zero-order valence-corrected chi connectivity index (χ0v) is 13.2. The van der Waals surface area contributed by atoms with Gasteiger partial charge in [-0.1, -0.05) is 42.1 Å². The number of rotatable bonds is 1. The fourth-order valence-electron chi connectivity index (χ4n) is 1.40. The number of aromatic carboxylic acids is 1. The first-order chi connectivity index (χ1) is 6.70. The van der Waals surface area contributed by atoms with E-state index >= 15 is 0 Å². The summed E-state index contributed by atoms with van der Waals surface area (Å²) in [5, 5.41) is 23.3. The average molecular weight is 232 g/mol. The van der Waals surface area contributed by atoms with Gasteiger partial charge in [0.05, 0.1) is 5.97 Å². The maximum atomic E-state index is 11.5. The van der Waals surface area contributed by atoms with E-state index in [4.69, 9.17) is 0 Å². The van der Waals surface area contributed by atoms with Gasteiger partial charge in [0.1, 0.15) is 0 Å². The topological polar surface area (TPSA) is 63.2 Å². The van der Waals surface area contributed by atoms with E-state index in [-0.39, 0.29) is 64.7 Å². The summed E-state index contributed by atoms with van der Waals surface area (Å²) in [6.07, 6.45) is 0. The van der Waals surface area contributed by atoms with Crippen molar-refractivity contribution in [3.8, 4) is 5.75 Å². The first-order valence-electron chi connectivity index (χ1n) is 4.10. The second kappa shape index (κ2) is 6.64. The molecular weight excluding hydrogens is 226 g/mol. The van der Waals surface area contributed by atoms with Gasteiger partial charge in [-0.2, -0.15) is 0 Å². The molecule has 0 amide bonds. The van der Waals surface area contributed by atoms with Crippen LogP contribution in [0.2, 0.25) is 0 Å². The Morgan fingerprint density at radius 2 is 1.62 bits per heavy atom. The van der Waals surface area contributed by atoms with Crippen molar-refractivity contribution in [3.63, 3.8) is 0 Å². The third kappa shape index (κ3) is 3.00. The molecule has 16 heavy (non-hydrogen) atoms. The smallest absolute Gasteiger partial charge is 0.872 e. The molecule has 5 heteroatoms. The molecule has 0 spiro atoms. The molecule has 2 rings (SSSR count). The summed E-state index contributed by atoms with van der Waals surface area (Å²) in [7, 11) is 0. The van der Waals surface area contributed by atoms with E-state index < -0.39 is 11.7 Å². The second-order valence-electron chi connectivity index (χ2n) is 2.95. The minimum atomic E-state index is -1.43. The Hall–Kier alpha value is -0.0300. The first-order valence-corrected chi connectivity index (χ1v) is 4.10. The SMILES string of the molecule is O=C([O-])c1ccc2ccccc2c1[O-].[Na+].[Na+]. The number of benzene rings is 2. The number of carbonyl (C=O) groups excluding carboxylic acids is 1. The second-order valence-corrected chi connectivity index (χ2v) is 2.95. The predicted octanol–water partition coefficient (Wildman–Crippen LogP) is -5.72. The summed E-state index contributed by atoms with van der Waals surface area (Å²) in [6, 6.07) is 9.73. The van der Waals surface area contributed by atoms with E-state index in [0.29, 0.717) is 5.39 Å². The van der Waals surface area contributed by atoms with Gasteiger partial charge < -0.3 is 15.0 Å². The van der Waals surface area contributed by atoms with Gasteiger partial charge >= 0.3 is 59.1 Å². The number of hydrogen-bond acceptors (Lipinski definition) is 3. The van der Waals surface area contributed by atoms with Crippen molar-refractivity contribution in [2.24, 2.45) is 0 Å². The summed E-state index contributed by atoms with van der Waals surface area (Å²) >= 11 is 0. The third-order valence-corrected chi connectivity index (χ3v) is 2.10. The van der Waals surface area contributed by atoms with Crippen LogP contribution in [0.25, 0.3) is 10.8 Å². The fourth-order valence-corrected chi connectivity index (χ4v) is 1.40.